The van der Waals surface area contributed by atoms with Crippen LogP contribution in [0.1, 0.15) is 33.1 Å². The zero-order valence-electron chi connectivity index (χ0n) is 10.9. The molecule has 0 N–H and O–H groups in total. The van der Waals surface area contributed by atoms with Crippen LogP contribution in [0.4, 0.5) is 0 Å². The van der Waals surface area contributed by atoms with Gasteiger partial charge in [-0.25, -0.2) is 0 Å². The monoisotopic (exact) mass is 272 g/mol. The lowest BCUT2D eigenvalue weighted by molar-refractivity contribution is 1.06. The molecule has 0 aliphatic carbocycles. The van der Waals surface area contributed by atoms with E-state index in [9.17, 15) is 0 Å². The quantitative estimate of drug-likeness (QED) is 0.633. The predicted molar refractivity (Wildman–Crippen MR) is 82.4 cm³/mol. The first-order valence-electron chi connectivity index (χ1n) is 6.17. The fourth-order valence-corrected chi connectivity index (χ4v) is 5.86. The Hall–Kier alpha value is -0.860. The molecule has 1 atom stereocenters. The van der Waals surface area contributed by atoms with Crippen LogP contribution in [0.15, 0.2) is 41.3 Å². The summed E-state index contributed by atoms with van der Waals surface area (Å²) in [5.74, 6) is 0. The van der Waals surface area contributed by atoms with Gasteiger partial charge < -0.3 is 0 Å². The molecule has 0 amide bonds. The number of fused-ring (bicyclic) bond motifs is 1. The van der Waals surface area contributed by atoms with Gasteiger partial charge in [0.1, 0.15) is 0 Å². The number of hydrogen-bond acceptors (Lipinski definition) is 2. The number of rotatable bonds is 1. The van der Waals surface area contributed by atoms with Crippen LogP contribution < -0.4 is 0 Å². The van der Waals surface area contributed by atoms with Crippen molar-refractivity contribution in [2.24, 2.45) is 0 Å². The van der Waals surface area contributed by atoms with E-state index in [1.54, 1.807) is 0 Å². The minimum absolute atomic E-state index is 0.492. The molecule has 0 radical (unpaired) electrons. The third-order valence-electron chi connectivity index (χ3n) is 3.44. The first-order chi connectivity index (χ1) is 8.66. The molecule has 3 rings (SSSR count). The van der Waals surface area contributed by atoms with Gasteiger partial charge in [0.2, 0.25) is 0 Å². The Morgan fingerprint density at radius 1 is 0.944 bits per heavy atom. The molecule has 2 heteroatoms. The fraction of sp³-hybridized carbons (Fsp3) is 0.250. The minimum Gasteiger partial charge on any atom is -0.0758 e. The maximum Gasteiger partial charge on any atom is 0.0670 e. The SMILES string of the molecule is Cc1cc(C)c(C2SSc3ccccc32)c(C)c1. The maximum absolute atomic E-state index is 2.30. The van der Waals surface area contributed by atoms with E-state index in [0.29, 0.717) is 5.25 Å². The van der Waals surface area contributed by atoms with Gasteiger partial charge in [0.05, 0.1) is 5.25 Å². The summed E-state index contributed by atoms with van der Waals surface area (Å²) in [5.41, 5.74) is 7.17. The molecule has 2 aromatic rings. The van der Waals surface area contributed by atoms with Crippen molar-refractivity contribution in [2.75, 3.05) is 0 Å². The van der Waals surface area contributed by atoms with Crippen LogP contribution in [0, 0.1) is 20.8 Å². The Morgan fingerprint density at radius 3 is 2.33 bits per heavy atom. The largest absolute Gasteiger partial charge is 0.0758 e. The summed E-state index contributed by atoms with van der Waals surface area (Å²) in [7, 11) is 3.88. The Bertz CT molecular complexity index is 579. The van der Waals surface area contributed by atoms with Gasteiger partial charge in [-0.15, -0.1) is 0 Å². The molecule has 0 spiro atoms. The van der Waals surface area contributed by atoms with E-state index < -0.39 is 0 Å². The van der Waals surface area contributed by atoms with Gasteiger partial charge in [-0.2, -0.15) is 0 Å². The van der Waals surface area contributed by atoms with Crippen molar-refractivity contribution in [1.82, 2.24) is 0 Å². The Labute approximate surface area is 117 Å². The molecule has 0 nitrogen and oxygen atoms in total. The average molecular weight is 272 g/mol. The third kappa shape index (κ3) is 1.98. The molecule has 0 bridgehead atoms. The first kappa shape index (κ1) is 12.2. The standard InChI is InChI=1S/C16H16S2/c1-10-8-11(2)15(12(3)9-10)16-13-6-4-5-7-14(13)17-18-16/h4-9,16H,1-3H3. The van der Waals surface area contributed by atoms with Crippen LogP contribution in [0.5, 0.6) is 0 Å². The van der Waals surface area contributed by atoms with Crippen LogP contribution in [-0.2, 0) is 0 Å². The second kappa shape index (κ2) is 4.67. The molecule has 0 saturated heterocycles. The number of aryl methyl sites for hydroxylation is 3. The molecular weight excluding hydrogens is 256 g/mol. The lowest BCUT2D eigenvalue weighted by atomic mass is 9.94. The summed E-state index contributed by atoms with van der Waals surface area (Å²) < 4.78 is 0. The van der Waals surface area contributed by atoms with Crippen LogP contribution in [0.25, 0.3) is 0 Å². The topological polar surface area (TPSA) is 0 Å². The molecule has 1 aliphatic heterocycles. The summed E-state index contributed by atoms with van der Waals surface area (Å²) in [4.78, 5) is 1.42. The van der Waals surface area contributed by atoms with Gasteiger partial charge in [0.25, 0.3) is 0 Å². The molecule has 1 aliphatic rings. The normalized spacial score (nSPS) is 17.8. The van der Waals surface area contributed by atoms with E-state index in [4.69, 9.17) is 0 Å². The van der Waals surface area contributed by atoms with Gasteiger partial charge in [-0.3, -0.25) is 0 Å². The van der Waals surface area contributed by atoms with Gasteiger partial charge >= 0.3 is 0 Å². The molecular formula is C16H16S2. The van der Waals surface area contributed by atoms with Crippen molar-refractivity contribution in [1.29, 1.82) is 0 Å². The van der Waals surface area contributed by atoms with Crippen LogP contribution >= 0.6 is 21.6 Å². The van der Waals surface area contributed by atoms with Gasteiger partial charge in [0.15, 0.2) is 0 Å². The molecule has 0 fully saturated rings. The van der Waals surface area contributed by atoms with E-state index in [0.717, 1.165) is 0 Å². The second-order valence-corrected chi connectivity index (χ2v) is 7.26. The summed E-state index contributed by atoms with van der Waals surface area (Å²) in [6, 6.07) is 13.4. The highest BCUT2D eigenvalue weighted by molar-refractivity contribution is 8.77. The summed E-state index contributed by atoms with van der Waals surface area (Å²) in [5, 5.41) is 0.492. The van der Waals surface area contributed by atoms with Crippen molar-refractivity contribution in [3.63, 3.8) is 0 Å². The minimum atomic E-state index is 0.492. The Morgan fingerprint density at radius 2 is 1.61 bits per heavy atom. The van der Waals surface area contributed by atoms with Crippen LogP contribution in [-0.4, -0.2) is 0 Å². The number of benzene rings is 2. The van der Waals surface area contributed by atoms with Gasteiger partial charge in [0, 0.05) is 4.90 Å². The molecule has 18 heavy (non-hydrogen) atoms. The van der Waals surface area contributed by atoms with Crippen molar-refractivity contribution in [3.8, 4) is 0 Å². The summed E-state index contributed by atoms with van der Waals surface area (Å²) >= 11 is 0. The molecule has 0 saturated carbocycles. The van der Waals surface area contributed by atoms with E-state index in [1.807, 2.05) is 21.6 Å². The Kier molecular flexibility index (Phi) is 3.16. The predicted octanol–water partition coefficient (Wildman–Crippen LogP) is 5.46. The van der Waals surface area contributed by atoms with Gasteiger partial charge in [-0.05, 0) is 49.1 Å². The summed E-state index contributed by atoms with van der Waals surface area (Å²) in [6.45, 7) is 6.65. The molecule has 1 unspecified atom stereocenters. The first-order valence-corrected chi connectivity index (χ1v) is 8.38. The van der Waals surface area contributed by atoms with Crippen molar-refractivity contribution in [2.45, 2.75) is 30.9 Å². The highest BCUT2D eigenvalue weighted by Gasteiger charge is 2.27. The lowest BCUT2D eigenvalue weighted by Gasteiger charge is -2.17. The average Bonchev–Trinajstić information content (AvgIpc) is 2.72. The van der Waals surface area contributed by atoms with E-state index >= 15 is 0 Å². The smallest absolute Gasteiger partial charge is 0.0670 e. The summed E-state index contributed by atoms with van der Waals surface area (Å²) in [6.07, 6.45) is 0. The second-order valence-electron chi connectivity index (χ2n) is 4.91. The highest BCUT2D eigenvalue weighted by atomic mass is 33.1. The highest BCUT2D eigenvalue weighted by Crippen LogP contribution is 2.56. The third-order valence-corrected chi connectivity index (χ3v) is 6.17. The van der Waals surface area contributed by atoms with E-state index in [2.05, 4.69) is 57.2 Å². The van der Waals surface area contributed by atoms with Crippen molar-refractivity contribution in [3.05, 3.63) is 64.2 Å². The van der Waals surface area contributed by atoms with E-state index in [1.165, 1.54) is 32.7 Å². The lowest BCUT2D eigenvalue weighted by Crippen LogP contribution is -2.00. The van der Waals surface area contributed by atoms with Gasteiger partial charge in [-0.1, -0.05) is 57.5 Å². The zero-order valence-corrected chi connectivity index (χ0v) is 12.5. The number of hydrogen-bond donors (Lipinski definition) is 0. The van der Waals surface area contributed by atoms with Crippen LogP contribution in [0.2, 0.25) is 0 Å². The maximum atomic E-state index is 2.30. The molecule has 0 aromatic heterocycles. The molecule has 1 heterocycles. The van der Waals surface area contributed by atoms with Crippen molar-refractivity contribution >= 4 is 21.6 Å². The van der Waals surface area contributed by atoms with E-state index in [-0.39, 0.29) is 0 Å². The zero-order chi connectivity index (χ0) is 12.7. The fourth-order valence-electron chi connectivity index (χ4n) is 2.73. The molecule has 2 aromatic carbocycles. The van der Waals surface area contributed by atoms with Crippen molar-refractivity contribution < 1.29 is 0 Å². The molecule has 92 valence electrons. The van der Waals surface area contributed by atoms with Crippen LogP contribution in [0.3, 0.4) is 0 Å². The Balaban J connectivity index is 2.13.